The van der Waals surface area contributed by atoms with E-state index >= 15 is 0 Å². The number of hydrogen-bond donors (Lipinski definition) is 3. The van der Waals surface area contributed by atoms with Gasteiger partial charge in [0, 0.05) is 10.6 Å². The summed E-state index contributed by atoms with van der Waals surface area (Å²) in [6, 6.07) is 7.97. The van der Waals surface area contributed by atoms with Crippen LogP contribution in [-0.4, -0.2) is 29.8 Å². The second-order valence-electron chi connectivity index (χ2n) is 6.38. The summed E-state index contributed by atoms with van der Waals surface area (Å²) in [7, 11) is 0. The Morgan fingerprint density at radius 2 is 1.82 bits per heavy atom. The normalized spacial score (nSPS) is 16.1. The van der Waals surface area contributed by atoms with Crippen molar-refractivity contribution in [1.82, 2.24) is 5.32 Å². The molecule has 1 aromatic carbocycles. The fourth-order valence-electron chi connectivity index (χ4n) is 2.74. The Balaban J connectivity index is 1.55. The quantitative estimate of drug-likeness (QED) is 0.635. The topological polar surface area (TPSA) is 87.7 Å². The van der Waals surface area contributed by atoms with E-state index in [1.807, 2.05) is 5.38 Å². The largest absolute Gasteiger partial charge is 0.573 e. The second kappa shape index (κ2) is 7.80. The van der Waals surface area contributed by atoms with E-state index < -0.39 is 29.5 Å². The second-order valence-corrected chi connectivity index (χ2v) is 7.33. The van der Waals surface area contributed by atoms with E-state index in [0.717, 1.165) is 29.9 Å². The lowest BCUT2D eigenvalue weighted by Gasteiger charge is -2.27. The molecule has 0 saturated heterocycles. The highest BCUT2D eigenvalue weighted by atomic mass is 32.1. The molecule has 1 atom stereocenters. The van der Waals surface area contributed by atoms with Crippen LogP contribution < -0.4 is 15.4 Å². The van der Waals surface area contributed by atoms with E-state index in [0.29, 0.717) is 0 Å². The SMILES string of the molecule is O=C(NC[C@](O)(c1cccs1)C1CC1)C(=O)Nc1ccc(OC(F)(F)F)cc1. The molecule has 0 aliphatic heterocycles. The third-order valence-electron chi connectivity index (χ3n) is 4.27. The van der Waals surface area contributed by atoms with Crippen LogP contribution in [0.3, 0.4) is 0 Å². The van der Waals surface area contributed by atoms with Gasteiger partial charge in [0.1, 0.15) is 11.4 Å². The van der Waals surface area contributed by atoms with E-state index in [9.17, 15) is 27.9 Å². The van der Waals surface area contributed by atoms with Gasteiger partial charge in [0.2, 0.25) is 0 Å². The highest BCUT2D eigenvalue weighted by molar-refractivity contribution is 7.10. The van der Waals surface area contributed by atoms with E-state index in [-0.39, 0.29) is 18.2 Å². The number of halogens is 3. The average Bonchev–Trinajstić information content (AvgIpc) is 3.34. The van der Waals surface area contributed by atoms with Crippen molar-refractivity contribution < 1.29 is 32.6 Å². The van der Waals surface area contributed by atoms with Crippen LogP contribution in [0.4, 0.5) is 18.9 Å². The predicted molar refractivity (Wildman–Crippen MR) is 95.7 cm³/mol. The zero-order valence-corrected chi connectivity index (χ0v) is 15.3. The number of ether oxygens (including phenoxy) is 1. The van der Waals surface area contributed by atoms with Crippen molar-refractivity contribution in [2.45, 2.75) is 24.8 Å². The number of aliphatic hydroxyl groups is 1. The van der Waals surface area contributed by atoms with Crippen LogP contribution in [0.1, 0.15) is 17.7 Å². The van der Waals surface area contributed by atoms with Gasteiger partial charge in [-0.2, -0.15) is 0 Å². The van der Waals surface area contributed by atoms with Crippen molar-refractivity contribution >= 4 is 28.8 Å². The van der Waals surface area contributed by atoms with Gasteiger partial charge in [-0.1, -0.05) is 6.07 Å². The molecule has 3 rings (SSSR count). The van der Waals surface area contributed by atoms with E-state index in [1.165, 1.54) is 23.5 Å². The van der Waals surface area contributed by atoms with E-state index in [2.05, 4.69) is 15.4 Å². The first-order valence-electron chi connectivity index (χ1n) is 8.39. The number of amides is 2. The molecule has 6 nitrogen and oxygen atoms in total. The molecule has 2 amide bonds. The van der Waals surface area contributed by atoms with Crippen molar-refractivity contribution in [2.24, 2.45) is 5.92 Å². The molecule has 1 fully saturated rings. The Bertz CT molecular complexity index is 836. The molecule has 3 N–H and O–H groups in total. The Morgan fingerprint density at radius 1 is 1.14 bits per heavy atom. The van der Waals surface area contributed by atoms with Gasteiger partial charge in [0.25, 0.3) is 0 Å². The minimum absolute atomic E-state index is 0.0238. The molecular weight excluding hydrogens is 397 g/mol. The first-order chi connectivity index (χ1) is 13.2. The van der Waals surface area contributed by atoms with Crippen molar-refractivity contribution in [3.63, 3.8) is 0 Å². The molecule has 28 heavy (non-hydrogen) atoms. The maximum absolute atomic E-state index is 12.1. The van der Waals surface area contributed by atoms with Crippen LogP contribution in [0, 0.1) is 5.92 Å². The first kappa shape index (κ1) is 20.2. The number of benzene rings is 1. The van der Waals surface area contributed by atoms with Crippen molar-refractivity contribution in [3.05, 3.63) is 46.7 Å². The molecule has 1 saturated carbocycles. The summed E-state index contributed by atoms with van der Waals surface area (Å²) in [4.78, 5) is 24.8. The molecule has 0 radical (unpaired) electrons. The molecule has 1 aliphatic carbocycles. The number of thiophene rings is 1. The third-order valence-corrected chi connectivity index (χ3v) is 5.31. The minimum atomic E-state index is -4.81. The van der Waals surface area contributed by atoms with Crippen molar-refractivity contribution in [3.8, 4) is 5.75 Å². The smallest absolute Gasteiger partial charge is 0.406 e. The highest BCUT2D eigenvalue weighted by Gasteiger charge is 2.46. The Kier molecular flexibility index (Phi) is 5.61. The lowest BCUT2D eigenvalue weighted by molar-refractivity contribution is -0.274. The number of alkyl halides is 3. The summed E-state index contributed by atoms with van der Waals surface area (Å²) in [6.07, 6.45) is -3.14. The maximum Gasteiger partial charge on any atom is 0.573 e. The Morgan fingerprint density at radius 3 is 2.36 bits per heavy atom. The third kappa shape index (κ3) is 5.02. The molecule has 150 valence electrons. The fourth-order valence-corrected chi connectivity index (χ4v) is 3.65. The molecule has 1 heterocycles. The molecule has 0 spiro atoms. The van der Waals surface area contributed by atoms with Gasteiger partial charge in [0.15, 0.2) is 0 Å². The zero-order valence-electron chi connectivity index (χ0n) is 14.5. The van der Waals surface area contributed by atoms with Crippen LogP contribution in [0.2, 0.25) is 0 Å². The molecule has 2 aromatic rings. The Labute approximate surface area is 162 Å². The van der Waals surface area contributed by atoms with Crippen LogP contribution in [-0.2, 0) is 15.2 Å². The lowest BCUT2D eigenvalue weighted by atomic mass is 9.95. The van der Waals surface area contributed by atoms with Gasteiger partial charge in [0.05, 0.1) is 6.54 Å². The summed E-state index contributed by atoms with van der Waals surface area (Å²) in [6.45, 7) is -0.108. The van der Waals surface area contributed by atoms with Gasteiger partial charge in [-0.05, 0) is 54.5 Å². The van der Waals surface area contributed by atoms with Gasteiger partial charge < -0.3 is 20.5 Å². The van der Waals surface area contributed by atoms with Crippen LogP contribution in [0.25, 0.3) is 0 Å². The highest BCUT2D eigenvalue weighted by Crippen LogP contribution is 2.46. The van der Waals surface area contributed by atoms with E-state index in [1.54, 1.807) is 12.1 Å². The zero-order chi connectivity index (χ0) is 20.4. The van der Waals surface area contributed by atoms with Crippen LogP contribution in [0.5, 0.6) is 5.75 Å². The number of rotatable bonds is 6. The Hall–Kier alpha value is -2.59. The number of carbonyl (C=O) groups is 2. The summed E-state index contributed by atoms with van der Waals surface area (Å²) in [5, 5.41) is 17.4. The summed E-state index contributed by atoms with van der Waals surface area (Å²) < 4.78 is 40.1. The summed E-state index contributed by atoms with van der Waals surface area (Å²) >= 11 is 1.37. The van der Waals surface area contributed by atoms with Gasteiger partial charge in [-0.15, -0.1) is 24.5 Å². The molecule has 1 aliphatic rings. The number of anilines is 1. The van der Waals surface area contributed by atoms with Crippen LogP contribution >= 0.6 is 11.3 Å². The predicted octanol–water partition coefficient (Wildman–Crippen LogP) is 3.00. The molecule has 10 heteroatoms. The monoisotopic (exact) mass is 414 g/mol. The molecule has 0 unspecified atom stereocenters. The van der Waals surface area contributed by atoms with Crippen molar-refractivity contribution in [1.29, 1.82) is 0 Å². The lowest BCUT2D eigenvalue weighted by Crippen LogP contribution is -2.45. The number of carbonyl (C=O) groups excluding carboxylic acids is 2. The van der Waals surface area contributed by atoms with Gasteiger partial charge in [-0.3, -0.25) is 9.59 Å². The fraction of sp³-hybridized carbons (Fsp3) is 0.333. The maximum atomic E-state index is 12.1. The first-order valence-corrected chi connectivity index (χ1v) is 9.27. The van der Waals surface area contributed by atoms with Gasteiger partial charge >= 0.3 is 18.2 Å². The molecule has 1 aromatic heterocycles. The number of hydrogen-bond acceptors (Lipinski definition) is 5. The molecular formula is C18H17F3N2O4S. The number of nitrogens with one attached hydrogen (secondary N) is 2. The van der Waals surface area contributed by atoms with E-state index in [4.69, 9.17) is 0 Å². The molecule has 0 bridgehead atoms. The van der Waals surface area contributed by atoms with Crippen molar-refractivity contribution in [2.75, 3.05) is 11.9 Å². The summed E-state index contributed by atoms with van der Waals surface area (Å²) in [5.41, 5.74) is -1.09. The minimum Gasteiger partial charge on any atom is -0.406 e. The van der Waals surface area contributed by atoms with Gasteiger partial charge in [-0.25, -0.2) is 0 Å². The summed E-state index contributed by atoms with van der Waals surface area (Å²) in [5.74, 6) is -2.36. The van der Waals surface area contributed by atoms with Crippen LogP contribution in [0.15, 0.2) is 41.8 Å². The standard InChI is InChI=1S/C18H17F3N2O4S/c19-18(20,21)27-13-7-5-12(6-8-13)23-16(25)15(24)22-10-17(26,11-3-4-11)14-2-1-9-28-14/h1-2,5-9,11,26H,3-4,10H2,(H,22,24)(H,23,25)/t17-/m1/s1. The average molecular weight is 414 g/mol.